The summed E-state index contributed by atoms with van der Waals surface area (Å²) in [5, 5.41) is 6.74. The maximum atomic E-state index is 4.54. The van der Waals surface area contributed by atoms with Crippen molar-refractivity contribution in [3.8, 4) is 0 Å². The van der Waals surface area contributed by atoms with Gasteiger partial charge in [0.05, 0.1) is 0 Å². The van der Waals surface area contributed by atoms with Crippen LogP contribution in [0.2, 0.25) is 0 Å². The summed E-state index contributed by atoms with van der Waals surface area (Å²) in [5.74, 6) is 3.67. The van der Waals surface area contributed by atoms with E-state index in [1.54, 1.807) is 0 Å². The molecule has 1 aromatic rings. The molecule has 0 aliphatic heterocycles. The van der Waals surface area contributed by atoms with Crippen LogP contribution in [0.25, 0.3) is 0 Å². The first kappa shape index (κ1) is 12.2. The van der Waals surface area contributed by atoms with Crippen molar-refractivity contribution in [2.45, 2.75) is 33.1 Å². The molecule has 2 N–H and O–H groups in total. The summed E-state index contributed by atoms with van der Waals surface area (Å²) in [5.41, 5.74) is 0. The fourth-order valence-electron chi connectivity index (χ4n) is 1.98. The molecule has 0 aromatic carbocycles. The van der Waals surface area contributed by atoms with Gasteiger partial charge in [-0.1, -0.05) is 19.9 Å². The van der Waals surface area contributed by atoms with Crippen LogP contribution in [0.1, 0.15) is 33.1 Å². The van der Waals surface area contributed by atoms with Crippen molar-refractivity contribution in [3.05, 3.63) is 18.2 Å². The summed E-state index contributed by atoms with van der Waals surface area (Å²) in [6, 6.07) is 6.11. The minimum absolute atomic E-state index is 0.768. The lowest BCUT2D eigenvalue weighted by Crippen LogP contribution is -2.14. The normalized spacial score (nSPS) is 16.6. The number of nitrogens with one attached hydrogen (secondary N) is 2. The van der Waals surface area contributed by atoms with Gasteiger partial charge in [0.25, 0.3) is 0 Å². The second-order valence-corrected chi connectivity index (χ2v) is 5.03. The molecule has 94 valence electrons. The predicted molar refractivity (Wildman–Crippen MR) is 73.4 cm³/mol. The summed E-state index contributed by atoms with van der Waals surface area (Å²) in [7, 11) is 0. The van der Waals surface area contributed by atoms with Crippen LogP contribution in [0.5, 0.6) is 0 Å². The number of anilines is 2. The number of pyridine rings is 1. The van der Waals surface area contributed by atoms with Crippen LogP contribution in [0.15, 0.2) is 18.2 Å². The molecule has 1 aliphatic carbocycles. The van der Waals surface area contributed by atoms with Gasteiger partial charge in [0.15, 0.2) is 0 Å². The van der Waals surface area contributed by atoms with Crippen LogP contribution in [0.4, 0.5) is 11.6 Å². The minimum atomic E-state index is 0.768. The maximum Gasteiger partial charge on any atom is 0.128 e. The van der Waals surface area contributed by atoms with Crippen molar-refractivity contribution in [3.63, 3.8) is 0 Å². The molecule has 1 atom stereocenters. The van der Waals surface area contributed by atoms with Crippen LogP contribution in [0.3, 0.4) is 0 Å². The third-order valence-electron chi connectivity index (χ3n) is 3.34. The Balaban J connectivity index is 1.82. The highest BCUT2D eigenvalue weighted by Crippen LogP contribution is 2.36. The van der Waals surface area contributed by atoms with E-state index < -0.39 is 0 Å². The van der Waals surface area contributed by atoms with E-state index in [0.717, 1.165) is 43.0 Å². The molecule has 0 radical (unpaired) electrons. The summed E-state index contributed by atoms with van der Waals surface area (Å²) < 4.78 is 0. The van der Waals surface area contributed by atoms with E-state index in [0.29, 0.717) is 0 Å². The fourth-order valence-corrected chi connectivity index (χ4v) is 1.98. The Bertz CT molecular complexity index is 347. The monoisotopic (exact) mass is 233 g/mol. The Morgan fingerprint density at radius 2 is 2.00 bits per heavy atom. The summed E-state index contributed by atoms with van der Waals surface area (Å²) in [6.45, 7) is 6.50. The fraction of sp³-hybridized carbons (Fsp3) is 0.643. The van der Waals surface area contributed by atoms with Crippen molar-refractivity contribution in [2.24, 2.45) is 11.8 Å². The molecule has 0 bridgehead atoms. The molecule has 1 aliphatic rings. The van der Waals surface area contributed by atoms with E-state index in [-0.39, 0.29) is 0 Å². The topological polar surface area (TPSA) is 37.0 Å². The standard InChI is InChI=1S/C14H23N3/c1-3-9-15-13-5-4-6-14(17-13)16-10-11(2)12-7-8-12/h4-6,11-12H,3,7-10H2,1-2H3,(H2,15,16,17). The van der Waals surface area contributed by atoms with E-state index >= 15 is 0 Å². The first-order chi connectivity index (χ1) is 8.29. The van der Waals surface area contributed by atoms with Gasteiger partial charge in [-0.25, -0.2) is 4.98 Å². The molecule has 0 spiro atoms. The molecule has 17 heavy (non-hydrogen) atoms. The van der Waals surface area contributed by atoms with Gasteiger partial charge in [-0.05, 0) is 43.2 Å². The van der Waals surface area contributed by atoms with Gasteiger partial charge in [0.2, 0.25) is 0 Å². The number of nitrogens with zero attached hydrogens (tertiary/aromatic N) is 1. The van der Waals surface area contributed by atoms with Gasteiger partial charge in [-0.15, -0.1) is 0 Å². The minimum Gasteiger partial charge on any atom is -0.370 e. The van der Waals surface area contributed by atoms with Crippen LogP contribution in [-0.2, 0) is 0 Å². The van der Waals surface area contributed by atoms with Gasteiger partial charge in [0.1, 0.15) is 11.6 Å². The zero-order valence-corrected chi connectivity index (χ0v) is 10.9. The number of rotatable bonds is 7. The zero-order chi connectivity index (χ0) is 12.1. The average Bonchev–Trinajstić information content (AvgIpc) is 3.18. The number of aromatic nitrogens is 1. The van der Waals surface area contributed by atoms with Gasteiger partial charge >= 0.3 is 0 Å². The Kier molecular flexibility index (Phi) is 4.24. The van der Waals surface area contributed by atoms with Crippen molar-refractivity contribution in [1.82, 2.24) is 4.98 Å². The van der Waals surface area contributed by atoms with E-state index in [2.05, 4.69) is 35.5 Å². The highest BCUT2D eigenvalue weighted by atomic mass is 15.1. The van der Waals surface area contributed by atoms with Crippen molar-refractivity contribution in [2.75, 3.05) is 23.7 Å². The average molecular weight is 233 g/mol. The Hall–Kier alpha value is -1.25. The van der Waals surface area contributed by atoms with Crippen LogP contribution in [0, 0.1) is 11.8 Å². The molecular formula is C14H23N3. The smallest absolute Gasteiger partial charge is 0.128 e. The predicted octanol–water partition coefficient (Wildman–Crippen LogP) is 3.36. The maximum absolute atomic E-state index is 4.54. The van der Waals surface area contributed by atoms with Crippen molar-refractivity contribution in [1.29, 1.82) is 0 Å². The molecular weight excluding hydrogens is 210 g/mol. The van der Waals surface area contributed by atoms with Crippen LogP contribution < -0.4 is 10.6 Å². The summed E-state index contributed by atoms with van der Waals surface area (Å²) >= 11 is 0. The van der Waals surface area contributed by atoms with E-state index in [9.17, 15) is 0 Å². The molecule has 1 saturated carbocycles. The van der Waals surface area contributed by atoms with Gasteiger partial charge in [-0.3, -0.25) is 0 Å². The molecule has 1 aromatic heterocycles. The molecule has 0 amide bonds. The quantitative estimate of drug-likeness (QED) is 0.758. The van der Waals surface area contributed by atoms with E-state index in [4.69, 9.17) is 0 Å². The summed E-state index contributed by atoms with van der Waals surface area (Å²) in [6.07, 6.45) is 3.95. The Morgan fingerprint density at radius 3 is 2.65 bits per heavy atom. The van der Waals surface area contributed by atoms with Gasteiger partial charge < -0.3 is 10.6 Å². The van der Waals surface area contributed by atoms with Crippen molar-refractivity contribution >= 4 is 11.6 Å². The lowest BCUT2D eigenvalue weighted by molar-refractivity contribution is 0.536. The lowest BCUT2D eigenvalue weighted by atomic mass is 10.1. The zero-order valence-electron chi connectivity index (χ0n) is 10.9. The molecule has 3 heteroatoms. The molecule has 2 rings (SSSR count). The Morgan fingerprint density at radius 1 is 1.29 bits per heavy atom. The SMILES string of the molecule is CCCNc1cccc(NCC(C)C2CC2)n1. The highest BCUT2D eigenvalue weighted by molar-refractivity contribution is 5.45. The molecule has 1 fully saturated rings. The highest BCUT2D eigenvalue weighted by Gasteiger charge is 2.27. The number of hydrogen-bond acceptors (Lipinski definition) is 3. The Labute approximate surface area is 104 Å². The van der Waals surface area contributed by atoms with Gasteiger partial charge in [0, 0.05) is 13.1 Å². The molecule has 1 heterocycles. The van der Waals surface area contributed by atoms with Crippen LogP contribution >= 0.6 is 0 Å². The summed E-state index contributed by atoms with van der Waals surface area (Å²) in [4.78, 5) is 4.54. The first-order valence-electron chi connectivity index (χ1n) is 6.74. The second kappa shape index (κ2) is 5.89. The molecule has 1 unspecified atom stereocenters. The van der Waals surface area contributed by atoms with Gasteiger partial charge in [-0.2, -0.15) is 0 Å². The number of hydrogen-bond donors (Lipinski definition) is 2. The van der Waals surface area contributed by atoms with Crippen molar-refractivity contribution < 1.29 is 0 Å². The third-order valence-corrected chi connectivity index (χ3v) is 3.34. The lowest BCUT2D eigenvalue weighted by Gasteiger charge is -2.12. The van der Waals surface area contributed by atoms with E-state index in [1.165, 1.54) is 12.8 Å². The second-order valence-electron chi connectivity index (χ2n) is 5.03. The largest absolute Gasteiger partial charge is 0.370 e. The van der Waals surface area contributed by atoms with Crippen LogP contribution in [-0.4, -0.2) is 18.1 Å². The molecule has 0 saturated heterocycles. The van der Waals surface area contributed by atoms with E-state index in [1.807, 2.05) is 12.1 Å². The molecule has 3 nitrogen and oxygen atoms in total. The first-order valence-corrected chi connectivity index (χ1v) is 6.74. The third kappa shape index (κ3) is 3.91.